The zero-order valence-electron chi connectivity index (χ0n) is 22.0. The lowest BCUT2D eigenvalue weighted by atomic mass is 10.1. The highest BCUT2D eigenvalue weighted by molar-refractivity contribution is 5.92. The minimum absolute atomic E-state index is 0.155. The second-order valence-electron chi connectivity index (χ2n) is 10.0. The topological polar surface area (TPSA) is 79.7 Å². The van der Waals surface area contributed by atoms with Crippen molar-refractivity contribution in [1.29, 1.82) is 0 Å². The van der Waals surface area contributed by atoms with Crippen LogP contribution >= 0.6 is 0 Å². The standard InChI is InChI=1S/C29H33N7O2/c1-34-9-8-23(19-34)38-27-15-24-25(16-26(27)37-2)32-20-33-28(24)35-10-12-36(13-11-35)29-30-17-22(18-31-29)14-21-6-4-3-5-7-21/h3-7,15-18,20,23H,8-14,19H2,1-2H3. The van der Waals surface area contributed by atoms with Crippen LogP contribution in [0.25, 0.3) is 10.9 Å². The highest BCUT2D eigenvalue weighted by Gasteiger charge is 2.25. The molecule has 0 N–H and O–H groups in total. The van der Waals surface area contributed by atoms with Crippen molar-refractivity contribution in [3.63, 3.8) is 0 Å². The summed E-state index contributed by atoms with van der Waals surface area (Å²) in [5, 5.41) is 0.976. The molecular formula is C29H33N7O2. The van der Waals surface area contributed by atoms with Crippen molar-refractivity contribution in [3.8, 4) is 11.5 Å². The van der Waals surface area contributed by atoms with Crippen molar-refractivity contribution in [1.82, 2.24) is 24.8 Å². The number of nitrogens with zero attached hydrogens (tertiary/aromatic N) is 7. The van der Waals surface area contributed by atoms with E-state index in [0.29, 0.717) is 5.75 Å². The van der Waals surface area contributed by atoms with Crippen LogP contribution < -0.4 is 19.3 Å². The van der Waals surface area contributed by atoms with Gasteiger partial charge in [-0.1, -0.05) is 30.3 Å². The third kappa shape index (κ3) is 5.19. The molecular weight excluding hydrogens is 478 g/mol. The zero-order valence-corrected chi connectivity index (χ0v) is 22.0. The number of likely N-dealkylation sites (N-methyl/N-ethyl adjacent to an activating group) is 1. The lowest BCUT2D eigenvalue weighted by molar-refractivity contribution is 0.200. The molecule has 2 aliphatic rings. The van der Waals surface area contributed by atoms with Gasteiger partial charge in [0, 0.05) is 69.5 Å². The number of piperazine rings is 1. The molecule has 0 spiro atoms. The fraction of sp³-hybridized carbons (Fsp3) is 0.379. The summed E-state index contributed by atoms with van der Waals surface area (Å²) < 4.78 is 12.0. The van der Waals surface area contributed by atoms with Crippen molar-refractivity contribution in [3.05, 3.63) is 72.3 Å². The number of likely N-dealkylation sites (tertiary alicyclic amines) is 1. The Labute approximate surface area is 223 Å². The quantitative estimate of drug-likeness (QED) is 0.371. The van der Waals surface area contributed by atoms with Gasteiger partial charge in [0.05, 0.1) is 12.6 Å². The van der Waals surface area contributed by atoms with Gasteiger partial charge in [0.2, 0.25) is 5.95 Å². The monoisotopic (exact) mass is 511 g/mol. The number of rotatable bonds is 7. The molecule has 2 aromatic heterocycles. The number of aromatic nitrogens is 4. The molecule has 1 atom stereocenters. The number of hydrogen-bond donors (Lipinski definition) is 0. The van der Waals surface area contributed by atoms with Gasteiger partial charge < -0.3 is 24.2 Å². The van der Waals surface area contributed by atoms with E-state index in [1.165, 1.54) is 5.56 Å². The van der Waals surface area contributed by atoms with E-state index in [1.54, 1.807) is 13.4 Å². The van der Waals surface area contributed by atoms with Gasteiger partial charge in [0.15, 0.2) is 11.5 Å². The maximum absolute atomic E-state index is 6.37. The summed E-state index contributed by atoms with van der Waals surface area (Å²) >= 11 is 0. The molecule has 38 heavy (non-hydrogen) atoms. The number of methoxy groups -OCH3 is 1. The molecule has 0 amide bonds. The molecule has 6 rings (SSSR count). The largest absolute Gasteiger partial charge is 0.493 e. The summed E-state index contributed by atoms with van der Waals surface area (Å²) in [4.78, 5) is 25.4. The fourth-order valence-electron chi connectivity index (χ4n) is 5.28. The number of ether oxygens (including phenoxy) is 2. The van der Waals surface area contributed by atoms with Gasteiger partial charge in [-0.3, -0.25) is 0 Å². The van der Waals surface area contributed by atoms with Crippen molar-refractivity contribution < 1.29 is 9.47 Å². The minimum atomic E-state index is 0.155. The van der Waals surface area contributed by atoms with Gasteiger partial charge in [-0.15, -0.1) is 0 Å². The van der Waals surface area contributed by atoms with Crippen LogP contribution in [-0.2, 0) is 6.42 Å². The molecule has 2 fully saturated rings. The van der Waals surface area contributed by atoms with E-state index in [9.17, 15) is 0 Å². The van der Waals surface area contributed by atoms with Gasteiger partial charge in [-0.2, -0.15) is 0 Å². The Morgan fingerprint density at radius 3 is 2.32 bits per heavy atom. The highest BCUT2D eigenvalue weighted by atomic mass is 16.5. The summed E-state index contributed by atoms with van der Waals surface area (Å²) in [6.45, 7) is 5.22. The molecule has 196 valence electrons. The van der Waals surface area contributed by atoms with Gasteiger partial charge in [-0.05, 0) is 30.7 Å². The molecule has 2 aliphatic heterocycles. The van der Waals surface area contributed by atoms with E-state index in [1.807, 2.05) is 30.6 Å². The third-order valence-corrected chi connectivity index (χ3v) is 7.35. The van der Waals surface area contributed by atoms with Gasteiger partial charge in [0.25, 0.3) is 0 Å². The Bertz CT molecular complexity index is 1380. The Kier molecular flexibility index (Phi) is 6.92. The van der Waals surface area contributed by atoms with E-state index in [4.69, 9.17) is 9.47 Å². The van der Waals surface area contributed by atoms with Crippen LogP contribution in [0.15, 0.2) is 61.2 Å². The molecule has 0 radical (unpaired) electrons. The molecule has 2 aromatic carbocycles. The van der Waals surface area contributed by atoms with E-state index in [-0.39, 0.29) is 6.10 Å². The molecule has 4 aromatic rings. The summed E-state index contributed by atoms with van der Waals surface area (Å²) in [6, 6.07) is 14.4. The van der Waals surface area contributed by atoms with Crippen molar-refractivity contribution in [2.75, 3.05) is 63.2 Å². The first kappa shape index (κ1) is 24.4. The Morgan fingerprint density at radius 1 is 0.842 bits per heavy atom. The molecule has 0 bridgehead atoms. The lowest BCUT2D eigenvalue weighted by Gasteiger charge is -2.35. The number of anilines is 2. The maximum Gasteiger partial charge on any atom is 0.225 e. The number of fused-ring (bicyclic) bond motifs is 1. The zero-order chi connectivity index (χ0) is 25.9. The molecule has 0 saturated carbocycles. The Morgan fingerprint density at radius 2 is 1.61 bits per heavy atom. The van der Waals surface area contributed by atoms with Crippen LogP contribution in [-0.4, -0.2) is 84.4 Å². The van der Waals surface area contributed by atoms with E-state index in [0.717, 1.165) is 86.1 Å². The molecule has 1 unspecified atom stereocenters. The number of benzene rings is 2. The first-order valence-electron chi connectivity index (χ1n) is 13.2. The maximum atomic E-state index is 6.37. The van der Waals surface area contributed by atoms with Gasteiger partial charge >= 0.3 is 0 Å². The van der Waals surface area contributed by atoms with Crippen LogP contribution in [0.3, 0.4) is 0 Å². The predicted octanol–water partition coefficient (Wildman–Crippen LogP) is 3.43. The van der Waals surface area contributed by atoms with Crippen molar-refractivity contribution in [2.45, 2.75) is 18.9 Å². The van der Waals surface area contributed by atoms with Crippen LogP contribution in [0.2, 0.25) is 0 Å². The van der Waals surface area contributed by atoms with Crippen molar-refractivity contribution in [2.24, 2.45) is 0 Å². The first-order chi connectivity index (χ1) is 18.7. The average Bonchev–Trinajstić information content (AvgIpc) is 3.37. The van der Waals surface area contributed by atoms with Gasteiger partial charge in [-0.25, -0.2) is 19.9 Å². The Balaban J connectivity index is 1.16. The lowest BCUT2D eigenvalue weighted by Crippen LogP contribution is -2.47. The van der Waals surface area contributed by atoms with Crippen LogP contribution in [0.5, 0.6) is 11.5 Å². The highest BCUT2D eigenvalue weighted by Crippen LogP contribution is 2.36. The van der Waals surface area contributed by atoms with Gasteiger partial charge in [0.1, 0.15) is 18.2 Å². The molecule has 0 aliphatic carbocycles. The smallest absolute Gasteiger partial charge is 0.225 e. The average molecular weight is 512 g/mol. The van der Waals surface area contributed by atoms with E-state index >= 15 is 0 Å². The number of hydrogen-bond acceptors (Lipinski definition) is 9. The molecule has 4 heterocycles. The third-order valence-electron chi connectivity index (χ3n) is 7.35. The predicted molar refractivity (Wildman–Crippen MR) is 148 cm³/mol. The van der Waals surface area contributed by atoms with E-state index < -0.39 is 0 Å². The normalized spacial score (nSPS) is 18.2. The molecule has 9 heteroatoms. The second-order valence-corrected chi connectivity index (χ2v) is 10.0. The van der Waals surface area contributed by atoms with E-state index in [2.05, 4.69) is 65.9 Å². The molecule has 9 nitrogen and oxygen atoms in total. The SMILES string of the molecule is COc1cc2ncnc(N3CCN(c4ncc(Cc5ccccc5)cn4)CC3)c2cc1OC1CCN(C)C1. The van der Waals surface area contributed by atoms with Crippen LogP contribution in [0, 0.1) is 0 Å². The van der Waals surface area contributed by atoms with Crippen LogP contribution in [0.4, 0.5) is 11.8 Å². The first-order valence-corrected chi connectivity index (χ1v) is 13.2. The second kappa shape index (κ2) is 10.8. The summed E-state index contributed by atoms with van der Waals surface area (Å²) in [6.07, 6.45) is 7.51. The Hall–Kier alpha value is -3.98. The summed E-state index contributed by atoms with van der Waals surface area (Å²) in [5.41, 5.74) is 3.22. The fourth-order valence-corrected chi connectivity index (χ4v) is 5.28. The summed E-state index contributed by atoms with van der Waals surface area (Å²) in [5.74, 6) is 3.15. The van der Waals surface area contributed by atoms with Crippen molar-refractivity contribution >= 4 is 22.7 Å². The summed E-state index contributed by atoms with van der Waals surface area (Å²) in [7, 11) is 3.79. The minimum Gasteiger partial charge on any atom is -0.493 e. The van der Waals surface area contributed by atoms with Crippen LogP contribution in [0.1, 0.15) is 17.5 Å². The molecule has 2 saturated heterocycles.